The minimum atomic E-state index is -0.343. The highest BCUT2D eigenvalue weighted by molar-refractivity contribution is 6.35. The summed E-state index contributed by atoms with van der Waals surface area (Å²) in [6.07, 6.45) is 1.73. The normalized spacial score (nSPS) is 11.3. The first-order chi connectivity index (χ1) is 8.45. The molecule has 0 aliphatic heterocycles. The first-order valence-electron chi connectivity index (χ1n) is 5.40. The van der Waals surface area contributed by atoms with E-state index in [0.29, 0.717) is 22.2 Å². The van der Waals surface area contributed by atoms with E-state index in [1.54, 1.807) is 25.1 Å². The lowest BCUT2D eigenvalue weighted by molar-refractivity contribution is -0.136. The van der Waals surface area contributed by atoms with E-state index in [9.17, 15) is 4.79 Å². The molecule has 0 bridgehead atoms. The lowest BCUT2D eigenvalue weighted by atomic mass is 10.2. The van der Waals surface area contributed by atoms with Crippen molar-refractivity contribution in [3.05, 3.63) is 39.4 Å². The number of carbonyl (C=O) groups excluding carboxylic acids is 1. The predicted octanol–water partition coefficient (Wildman–Crippen LogP) is 3.83. The summed E-state index contributed by atoms with van der Waals surface area (Å²) >= 11 is 12.1. The maximum Gasteiger partial charge on any atom is 0.333 e. The number of aryl methyl sites for hydroxylation is 1. The van der Waals surface area contributed by atoms with Crippen LogP contribution in [-0.2, 0) is 9.53 Å². The van der Waals surface area contributed by atoms with Crippen molar-refractivity contribution in [2.45, 2.75) is 13.8 Å². The fourth-order valence-corrected chi connectivity index (χ4v) is 1.79. The molecular weight excluding hydrogens is 273 g/mol. The summed E-state index contributed by atoms with van der Waals surface area (Å²) in [6, 6.07) is 3.56. The van der Waals surface area contributed by atoms with Crippen LogP contribution < -0.4 is 5.32 Å². The standard InChI is InChI=1S/C13H15Cl2NO2/c1-8(13(17)18-3)4-5-16-12-7-10(14)9(2)6-11(12)15/h4,6-7,16H,5H2,1-3H3/b8-4+. The molecule has 0 fully saturated rings. The summed E-state index contributed by atoms with van der Waals surface area (Å²) < 4.78 is 4.59. The van der Waals surface area contributed by atoms with Gasteiger partial charge in [-0.2, -0.15) is 0 Å². The van der Waals surface area contributed by atoms with Crippen molar-refractivity contribution in [2.24, 2.45) is 0 Å². The number of ether oxygens (including phenoxy) is 1. The van der Waals surface area contributed by atoms with E-state index >= 15 is 0 Å². The van der Waals surface area contributed by atoms with E-state index in [0.717, 1.165) is 11.3 Å². The third kappa shape index (κ3) is 3.93. The van der Waals surface area contributed by atoms with Crippen LogP contribution in [0.2, 0.25) is 10.0 Å². The highest BCUT2D eigenvalue weighted by Gasteiger charge is 2.05. The maximum atomic E-state index is 11.2. The first kappa shape index (κ1) is 14.9. The molecule has 1 N–H and O–H groups in total. The van der Waals surface area contributed by atoms with Crippen molar-refractivity contribution in [1.82, 2.24) is 0 Å². The minimum Gasteiger partial charge on any atom is -0.466 e. The Bertz CT molecular complexity index is 484. The smallest absolute Gasteiger partial charge is 0.333 e. The topological polar surface area (TPSA) is 38.3 Å². The molecule has 1 aromatic carbocycles. The minimum absolute atomic E-state index is 0.343. The highest BCUT2D eigenvalue weighted by atomic mass is 35.5. The Morgan fingerprint density at radius 2 is 2.06 bits per heavy atom. The summed E-state index contributed by atoms with van der Waals surface area (Å²) in [6.45, 7) is 4.05. The fraction of sp³-hybridized carbons (Fsp3) is 0.308. The number of methoxy groups -OCH3 is 1. The van der Waals surface area contributed by atoms with Gasteiger partial charge in [-0.25, -0.2) is 4.79 Å². The average molecular weight is 288 g/mol. The molecule has 1 rings (SSSR count). The van der Waals surface area contributed by atoms with Crippen LogP contribution >= 0.6 is 23.2 Å². The molecule has 18 heavy (non-hydrogen) atoms. The van der Waals surface area contributed by atoms with Gasteiger partial charge in [0.15, 0.2) is 0 Å². The van der Waals surface area contributed by atoms with Crippen molar-refractivity contribution >= 4 is 34.9 Å². The van der Waals surface area contributed by atoms with Crippen molar-refractivity contribution in [1.29, 1.82) is 0 Å². The van der Waals surface area contributed by atoms with Gasteiger partial charge in [-0.3, -0.25) is 0 Å². The first-order valence-corrected chi connectivity index (χ1v) is 6.16. The second-order valence-corrected chi connectivity index (χ2v) is 4.66. The molecule has 5 heteroatoms. The Balaban J connectivity index is 2.70. The van der Waals surface area contributed by atoms with Gasteiger partial charge < -0.3 is 10.1 Å². The lowest BCUT2D eigenvalue weighted by Crippen LogP contribution is -2.05. The number of hydrogen-bond donors (Lipinski definition) is 1. The van der Waals surface area contributed by atoms with Crippen molar-refractivity contribution in [2.75, 3.05) is 19.0 Å². The molecule has 98 valence electrons. The Labute approximate surface area is 117 Å². The molecule has 0 aliphatic rings. The molecule has 0 radical (unpaired) electrons. The Morgan fingerprint density at radius 3 is 2.67 bits per heavy atom. The van der Waals surface area contributed by atoms with Crippen LogP contribution in [0.15, 0.2) is 23.8 Å². The van der Waals surface area contributed by atoms with E-state index in [4.69, 9.17) is 23.2 Å². The number of anilines is 1. The van der Waals surface area contributed by atoms with Gasteiger partial charge in [0, 0.05) is 17.1 Å². The molecule has 0 saturated heterocycles. The molecule has 0 saturated carbocycles. The molecule has 3 nitrogen and oxygen atoms in total. The average Bonchev–Trinajstić information content (AvgIpc) is 2.34. The maximum absolute atomic E-state index is 11.2. The van der Waals surface area contributed by atoms with E-state index in [2.05, 4.69) is 10.1 Å². The third-order valence-electron chi connectivity index (χ3n) is 2.46. The molecule has 0 heterocycles. The molecule has 0 atom stereocenters. The second-order valence-electron chi connectivity index (χ2n) is 3.84. The van der Waals surface area contributed by atoms with Crippen LogP contribution in [0, 0.1) is 6.92 Å². The van der Waals surface area contributed by atoms with Crippen molar-refractivity contribution in [3.63, 3.8) is 0 Å². The van der Waals surface area contributed by atoms with E-state index < -0.39 is 0 Å². The third-order valence-corrected chi connectivity index (χ3v) is 3.18. The van der Waals surface area contributed by atoms with Crippen LogP contribution in [0.4, 0.5) is 5.69 Å². The van der Waals surface area contributed by atoms with E-state index in [1.807, 2.05) is 6.92 Å². The van der Waals surface area contributed by atoms with Gasteiger partial charge in [-0.15, -0.1) is 0 Å². The Morgan fingerprint density at radius 1 is 1.39 bits per heavy atom. The lowest BCUT2D eigenvalue weighted by Gasteiger charge is -2.09. The highest BCUT2D eigenvalue weighted by Crippen LogP contribution is 2.28. The number of halogens is 2. The second kappa shape index (κ2) is 6.66. The van der Waals surface area contributed by atoms with Crippen molar-refractivity contribution in [3.8, 4) is 0 Å². The van der Waals surface area contributed by atoms with Crippen LogP contribution in [0.25, 0.3) is 0 Å². The summed E-state index contributed by atoms with van der Waals surface area (Å²) in [5, 5.41) is 4.34. The Hall–Kier alpha value is -1.19. The van der Waals surface area contributed by atoms with Crippen molar-refractivity contribution < 1.29 is 9.53 Å². The molecule has 0 unspecified atom stereocenters. The fourth-order valence-electron chi connectivity index (χ4n) is 1.34. The number of esters is 1. The zero-order valence-electron chi connectivity index (χ0n) is 10.5. The van der Waals surface area contributed by atoms with Gasteiger partial charge in [-0.1, -0.05) is 29.3 Å². The van der Waals surface area contributed by atoms with E-state index in [1.165, 1.54) is 7.11 Å². The molecule has 0 amide bonds. The number of carbonyl (C=O) groups is 1. The summed E-state index contributed by atoms with van der Waals surface area (Å²) in [4.78, 5) is 11.2. The molecule has 1 aromatic rings. The monoisotopic (exact) mass is 287 g/mol. The Kier molecular flexibility index (Phi) is 5.51. The van der Waals surface area contributed by atoms with E-state index in [-0.39, 0.29) is 5.97 Å². The quantitative estimate of drug-likeness (QED) is 0.676. The SMILES string of the molecule is COC(=O)/C(C)=C/CNc1cc(Cl)c(C)cc1Cl. The molecule has 0 aromatic heterocycles. The van der Waals surface area contributed by atoms with Gasteiger partial charge in [0.25, 0.3) is 0 Å². The van der Waals surface area contributed by atoms with Gasteiger partial charge in [-0.05, 0) is 31.5 Å². The van der Waals surface area contributed by atoms with Gasteiger partial charge >= 0.3 is 5.97 Å². The summed E-state index contributed by atoms with van der Waals surface area (Å²) in [5.74, 6) is -0.343. The van der Waals surface area contributed by atoms with Crippen LogP contribution in [0.3, 0.4) is 0 Å². The van der Waals surface area contributed by atoms with Crippen LogP contribution in [0.1, 0.15) is 12.5 Å². The summed E-state index contributed by atoms with van der Waals surface area (Å²) in [5.41, 5.74) is 2.20. The molecular formula is C13H15Cl2NO2. The number of hydrogen-bond acceptors (Lipinski definition) is 3. The number of nitrogens with one attached hydrogen (secondary N) is 1. The van der Waals surface area contributed by atoms with Crippen LogP contribution in [0.5, 0.6) is 0 Å². The summed E-state index contributed by atoms with van der Waals surface area (Å²) in [7, 11) is 1.35. The van der Waals surface area contributed by atoms with Gasteiger partial charge in [0.05, 0.1) is 17.8 Å². The number of benzene rings is 1. The van der Waals surface area contributed by atoms with Crippen LogP contribution in [-0.4, -0.2) is 19.6 Å². The zero-order chi connectivity index (χ0) is 13.7. The zero-order valence-corrected chi connectivity index (χ0v) is 12.0. The molecule has 0 aliphatic carbocycles. The molecule has 0 spiro atoms. The largest absolute Gasteiger partial charge is 0.466 e. The van der Waals surface area contributed by atoms with Gasteiger partial charge in [0.1, 0.15) is 0 Å². The number of rotatable bonds is 4. The van der Waals surface area contributed by atoms with Gasteiger partial charge in [0.2, 0.25) is 0 Å². The predicted molar refractivity (Wildman–Crippen MR) is 75.5 cm³/mol.